The smallest absolute Gasteiger partial charge is 0.340 e. The Labute approximate surface area is 412 Å². The van der Waals surface area contributed by atoms with Crippen LogP contribution in [-0.2, 0) is 39.7 Å². The number of hydrogen-bond donors (Lipinski definition) is 5. The van der Waals surface area contributed by atoms with E-state index in [4.69, 9.17) is 38.3 Å². The third kappa shape index (κ3) is 10.9. The van der Waals surface area contributed by atoms with Gasteiger partial charge in [0.25, 0.3) is 0 Å². The number of halogens is 1. The first kappa shape index (κ1) is 55.8. The average Bonchev–Trinajstić information content (AvgIpc) is 3.80. The highest BCUT2D eigenvalue weighted by Gasteiger charge is 2.77. The molecule has 16 nitrogen and oxygen atoms in total. The molecular weight excluding hydrogens is 914 g/mol. The van der Waals surface area contributed by atoms with Crippen molar-refractivity contribution in [3.8, 4) is 17.2 Å². The summed E-state index contributed by atoms with van der Waals surface area (Å²) in [6.07, 6.45) is 10.9. The molecule has 1 spiro atoms. The second-order valence-electron chi connectivity index (χ2n) is 20.8. The molecule has 384 valence electrons. The number of phenolic OH excluding ortho intramolecular Hbond substituents is 1. The highest BCUT2D eigenvalue weighted by Crippen LogP contribution is 2.64. The monoisotopic (exact) mass is 987 g/mol. The van der Waals surface area contributed by atoms with E-state index < -0.39 is 76.4 Å². The van der Waals surface area contributed by atoms with Gasteiger partial charge >= 0.3 is 11.9 Å². The van der Waals surface area contributed by atoms with Crippen molar-refractivity contribution in [3.05, 3.63) is 69.4 Å². The van der Waals surface area contributed by atoms with Crippen LogP contribution in [0.25, 0.3) is 6.08 Å². The first-order valence-electron chi connectivity index (χ1n) is 23.7. The van der Waals surface area contributed by atoms with Crippen molar-refractivity contribution >= 4 is 36.2 Å². The first-order valence-corrected chi connectivity index (χ1v) is 23.7. The summed E-state index contributed by atoms with van der Waals surface area (Å²) in [7, 11) is 4.01. The standard InChI is InChI=1S/C38H46O9.C14H27NO6.ClH/c1-21(2)11-10-18-36(8)19-17-24-29(39)28-30(40)26-12-9-13-27-35(6,7)47-37(34(43)44,20-16-23(5)33(41)42)38(26,27)46-32(28)25(31(24)45-36)15-14-22(3)4;1-14(2)20-12-11(18-7-5-6-15(3)4)10(9(17)8-16)19-13(12)21-14;/h11-12,14,16-17,19,27,39H,9-10,13,15,18,20H2,1-8H3,(H,41,42)(H,43,44);9-13,16-17H,5-8H2,1-4H3;1H. The van der Waals surface area contributed by atoms with Gasteiger partial charge in [0.2, 0.25) is 5.60 Å². The lowest BCUT2D eigenvalue weighted by atomic mass is 9.60. The summed E-state index contributed by atoms with van der Waals surface area (Å²) < 4.78 is 43.2. The summed E-state index contributed by atoms with van der Waals surface area (Å²) in [4.78, 5) is 42.1. The van der Waals surface area contributed by atoms with Gasteiger partial charge in [0.15, 0.2) is 23.5 Å². The summed E-state index contributed by atoms with van der Waals surface area (Å²) >= 11 is 0. The zero-order chi connectivity index (χ0) is 50.3. The molecule has 6 aliphatic rings. The van der Waals surface area contributed by atoms with Crippen LogP contribution in [-0.4, -0.2) is 141 Å². The van der Waals surface area contributed by atoms with Crippen LogP contribution in [0.15, 0.2) is 52.7 Å². The lowest BCUT2D eigenvalue weighted by Gasteiger charge is -2.50. The topological polar surface area (TPSA) is 220 Å². The predicted octanol–water partition coefficient (Wildman–Crippen LogP) is 7.49. The molecule has 69 heavy (non-hydrogen) atoms. The number of fused-ring (bicyclic) bond motifs is 3. The molecule has 5 heterocycles. The molecule has 9 unspecified atom stereocenters. The number of aliphatic hydroxyl groups excluding tert-OH is 2. The number of nitrogens with zero attached hydrogens (tertiary/aromatic N) is 1. The number of carboxylic acid groups (broad SMARTS) is 2. The Kier molecular flexibility index (Phi) is 17.2. The minimum absolute atomic E-state index is 0. The van der Waals surface area contributed by atoms with Crippen molar-refractivity contribution < 1.29 is 73.1 Å². The number of carbonyl (C=O) groups excluding carboxylic acids is 1. The number of phenols is 1. The van der Waals surface area contributed by atoms with Gasteiger partial charge in [-0.1, -0.05) is 35.5 Å². The van der Waals surface area contributed by atoms with Gasteiger partial charge in [-0.3, -0.25) is 4.79 Å². The molecule has 1 aromatic carbocycles. The van der Waals surface area contributed by atoms with Crippen molar-refractivity contribution in [3.63, 3.8) is 0 Å². The van der Waals surface area contributed by atoms with Crippen LogP contribution in [0.2, 0.25) is 0 Å². The molecular formula is C52H74ClNO15. The Bertz CT molecular complexity index is 2270. The molecule has 0 amide bonds. The van der Waals surface area contributed by atoms with Gasteiger partial charge in [-0.2, -0.15) is 0 Å². The number of allylic oxidation sites excluding steroid dienone is 5. The van der Waals surface area contributed by atoms with E-state index in [9.17, 15) is 34.8 Å². The maximum absolute atomic E-state index is 14.7. The maximum Gasteiger partial charge on any atom is 0.340 e. The third-order valence-corrected chi connectivity index (χ3v) is 13.7. The molecule has 5 N–H and O–H groups in total. The number of Topliss-reactive ketones (excluding diaryl/α,β-unsaturated/α-hetero) is 1. The summed E-state index contributed by atoms with van der Waals surface area (Å²) in [5, 5.41) is 51.4. The normalized spacial score (nSPS) is 30.4. The minimum atomic E-state index is -2.16. The van der Waals surface area contributed by atoms with Gasteiger partial charge in [-0.15, -0.1) is 12.4 Å². The van der Waals surface area contributed by atoms with Crippen LogP contribution >= 0.6 is 12.4 Å². The minimum Gasteiger partial charge on any atom is -0.506 e. The van der Waals surface area contributed by atoms with E-state index in [0.29, 0.717) is 49.2 Å². The predicted molar refractivity (Wildman–Crippen MR) is 260 cm³/mol. The molecule has 0 radical (unpaired) electrons. The molecule has 1 aromatic rings. The van der Waals surface area contributed by atoms with Gasteiger partial charge < -0.3 is 63.6 Å². The van der Waals surface area contributed by atoms with E-state index in [0.717, 1.165) is 25.0 Å². The first-order chi connectivity index (χ1) is 31.7. The fourth-order valence-electron chi connectivity index (χ4n) is 10.4. The summed E-state index contributed by atoms with van der Waals surface area (Å²) in [5.74, 6) is -4.26. The Morgan fingerprint density at radius 1 is 0.971 bits per heavy atom. The molecule has 7 rings (SSSR count). The molecule has 17 heteroatoms. The number of benzene rings is 1. The molecule has 9 atom stereocenters. The van der Waals surface area contributed by atoms with Crippen molar-refractivity contribution in [1.29, 1.82) is 0 Å². The lowest BCUT2D eigenvalue weighted by molar-refractivity contribution is -0.231. The van der Waals surface area contributed by atoms with Crippen LogP contribution in [0.3, 0.4) is 0 Å². The van der Waals surface area contributed by atoms with Crippen LogP contribution in [0.5, 0.6) is 17.2 Å². The summed E-state index contributed by atoms with van der Waals surface area (Å²) in [6, 6.07) is 0. The lowest BCUT2D eigenvalue weighted by Crippen LogP contribution is -2.66. The number of carbonyl (C=O) groups is 3. The number of aliphatic carboxylic acids is 2. The zero-order valence-corrected chi connectivity index (χ0v) is 43.0. The quantitative estimate of drug-likeness (QED) is 0.0615. The molecule has 3 saturated heterocycles. The molecule has 5 aliphatic heterocycles. The number of ketones is 1. The van der Waals surface area contributed by atoms with Crippen molar-refractivity contribution in [2.75, 3.05) is 33.9 Å². The molecule has 0 aromatic heterocycles. The van der Waals surface area contributed by atoms with E-state index >= 15 is 0 Å². The Morgan fingerprint density at radius 2 is 1.65 bits per heavy atom. The van der Waals surface area contributed by atoms with E-state index in [-0.39, 0.29) is 59.7 Å². The van der Waals surface area contributed by atoms with Gasteiger partial charge in [-0.25, -0.2) is 9.59 Å². The van der Waals surface area contributed by atoms with Crippen LogP contribution < -0.4 is 9.47 Å². The third-order valence-electron chi connectivity index (χ3n) is 13.7. The number of aliphatic hydroxyl groups is 2. The number of carboxylic acids is 2. The number of ether oxygens (including phenoxy) is 7. The molecule has 0 saturated carbocycles. The van der Waals surface area contributed by atoms with Crippen LogP contribution in [0, 0.1) is 5.92 Å². The second kappa shape index (κ2) is 21.3. The number of rotatable bonds is 16. The summed E-state index contributed by atoms with van der Waals surface area (Å²) in [6.45, 7) is 19.6. The average molecular weight is 989 g/mol. The molecule has 3 fully saturated rings. The van der Waals surface area contributed by atoms with Gasteiger partial charge in [0.05, 0.1) is 17.8 Å². The SMILES string of the molecule is CC(C)=CCCC1(C)C=Cc2c(O)c3c(c(CC=C(C)C)c2O1)OC12C(=CCCC1C(C)(C)OC2(CC=C(C)C(=O)O)C(=O)O)C3=O.CN(C)CCCOC1C(C(O)CO)OC2OC(C)(C)OC21.Cl. The fourth-order valence-corrected chi connectivity index (χ4v) is 10.4. The Hall–Kier alpha value is -4.10. The van der Waals surface area contributed by atoms with Gasteiger partial charge in [-0.05, 0) is 141 Å². The van der Waals surface area contributed by atoms with Crippen LogP contribution in [0.4, 0.5) is 0 Å². The van der Waals surface area contributed by atoms with Crippen molar-refractivity contribution in [1.82, 2.24) is 4.90 Å². The van der Waals surface area contributed by atoms with Crippen molar-refractivity contribution in [2.24, 2.45) is 5.92 Å². The largest absolute Gasteiger partial charge is 0.506 e. The highest BCUT2D eigenvalue weighted by atomic mass is 35.5. The van der Waals surface area contributed by atoms with Crippen LogP contribution in [0.1, 0.15) is 129 Å². The molecule has 0 bridgehead atoms. The summed E-state index contributed by atoms with van der Waals surface area (Å²) in [5.41, 5.74) is -2.67. The maximum atomic E-state index is 14.7. The number of aromatic hydroxyl groups is 1. The van der Waals surface area contributed by atoms with E-state index in [1.807, 2.05) is 74.7 Å². The van der Waals surface area contributed by atoms with Gasteiger partial charge in [0.1, 0.15) is 52.8 Å². The molecule has 1 aliphatic carbocycles. The van der Waals surface area contributed by atoms with Gasteiger partial charge in [0, 0.05) is 35.7 Å². The van der Waals surface area contributed by atoms with E-state index in [1.165, 1.54) is 18.6 Å². The van der Waals surface area contributed by atoms with Crippen molar-refractivity contribution in [2.45, 2.75) is 173 Å². The van der Waals surface area contributed by atoms with E-state index in [2.05, 4.69) is 11.0 Å². The zero-order valence-electron chi connectivity index (χ0n) is 42.2. The fraction of sp³-hybridized carbons (Fsp3) is 0.635. The second-order valence-corrected chi connectivity index (χ2v) is 20.8. The van der Waals surface area contributed by atoms with E-state index in [1.54, 1.807) is 26.0 Å². The Morgan fingerprint density at radius 3 is 2.26 bits per heavy atom. The number of hydrogen-bond acceptors (Lipinski definition) is 14. The Balaban J connectivity index is 0.000000338. The highest BCUT2D eigenvalue weighted by molar-refractivity contribution is 6.17.